The number of nitrogens with one attached hydrogen (secondary N) is 1. The molecule has 0 saturated carbocycles. The summed E-state index contributed by atoms with van der Waals surface area (Å²) < 4.78 is 0. The zero-order valence-corrected chi connectivity index (χ0v) is 8.94. The second-order valence-corrected chi connectivity index (χ2v) is 3.86. The molecule has 0 spiro atoms. The molecular formula is C11H17NO3. The van der Waals surface area contributed by atoms with Crippen molar-refractivity contribution in [2.75, 3.05) is 0 Å². The molecule has 4 heteroatoms. The first-order valence-electron chi connectivity index (χ1n) is 4.94. The van der Waals surface area contributed by atoms with Crippen LogP contribution < -0.4 is 5.32 Å². The average molecular weight is 211 g/mol. The summed E-state index contributed by atoms with van der Waals surface area (Å²) >= 11 is 0. The molecule has 0 unspecified atom stereocenters. The highest BCUT2D eigenvalue weighted by molar-refractivity contribution is 5.40. The summed E-state index contributed by atoms with van der Waals surface area (Å²) in [5, 5.41) is 30.9. The van der Waals surface area contributed by atoms with Gasteiger partial charge in [0.15, 0.2) is 11.5 Å². The van der Waals surface area contributed by atoms with Gasteiger partial charge in [0, 0.05) is 12.5 Å². The largest absolute Gasteiger partial charge is 0.504 e. The molecule has 0 aliphatic heterocycles. The SMILES string of the molecule is CC(C)N[C@@H](O)Cc1ccc(O)c(O)c1. The number of aliphatic hydroxyl groups is 1. The lowest BCUT2D eigenvalue weighted by atomic mass is 10.1. The van der Waals surface area contributed by atoms with Crippen LogP contribution in [0.2, 0.25) is 0 Å². The molecule has 84 valence electrons. The minimum absolute atomic E-state index is 0.148. The molecule has 0 fully saturated rings. The molecule has 0 heterocycles. The zero-order valence-electron chi connectivity index (χ0n) is 8.94. The molecular weight excluding hydrogens is 194 g/mol. The van der Waals surface area contributed by atoms with Crippen molar-refractivity contribution in [1.82, 2.24) is 5.32 Å². The Balaban J connectivity index is 2.60. The zero-order chi connectivity index (χ0) is 11.4. The summed E-state index contributed by atoms with van der Waals surface area (Å²) in [5.74, 6) is -0.311. The number of phenols is 2. The second kappa shape index (κ2) is 5.00. The van der Waals surface area contributed by atoms with Gasteiger partial charge in [-0.3, -0.25) is 5.32 Å². The maximum Gasteiger partial charge on any atom is 0.157 e. The molecule has 0 radical (unpaired) electrons. The Morgan fingerprint density at radius 2 is 1.87 bits per heavy atom. The predicted molar refractivity (Wildman–Crippen MR) is 57.8 cm³/mol. The van der Waals surface area contributed by atoms with Crippen LogP contribution in [0.4, 0.5) is 0 Å². The van der Waals surface area contributed by atoms with Crippen LogP contribution in [0.5, 0.6) is 11.5 Å². The van der Waals surface area contributed by atoms with E-state index in [2.05, 4.69) is 5.32 Å². The van der Waals surface area contributed by atoms with Crippen LogP contribution in [0.1, 0.15) is 19.4 Å². The van der Waals surface area contributed by atoms with Gasteiger partial charge in [-0.15, -0.1) is 0 Å². The lowest BCUT2D eigenvalue weighted by Crippen LogP contribution is -2.36. The van der Waals surface area contributed by atoms with Gasteiger partial charge < -0.3 is 15.3 Å². The Morgan fingerprint density at radius 3 is 2.40 bits per heavy atom. The van der Waals surface area contributed by atoms with Crippen molar-refractivity contribution in [3.05, 3.63) is 23.8 Å². The molecule has 0 aliphatic rings. The van der Waals surface area contributed by atoms with Crippen molar-refractivity contribution in [3.63, 3.8) is 0 Å². The molecule has 0 saturated heterocycles. The summed E-state index contributed by atoms with van der Waals surface area (Å²) in [4.78, 5) is 0. The average Bonchev–Trinajstić information content (AvgIpc) is 2.10. The van der Waals surface area contributed by atoms with Crippen LogP contribution in [0.15, 0.2) is 18.2 Å². The van der Waals surface area contributed by atoms with Crippen LogP contribution in [0.3, 0.4) is 0 Å². The van der Waals surface area contributed by atoms with Crippen LogP contribution in [-0.2, 0) is 6.42 Å². The number of hydrogen-bond acceptors (Lipinski definition) is 4. The van der Waals surface area contributed by atoms with Gasteiger partial charge in [0.1, 0.15) is 6.23 Å². The monoisotopic (exact) mass is 211 g/mol. The van der Waals surface area contributed by atoms with E-state index in [1.807, 2.05) is 13.8 Å². The van der Waals surface area contributed by atoms with Crippen LogP contribution in [0, 0.1) is 0 Å². The summed E-state index contributed by atoms with van der Waals surface area (Å²) in [5.41, 5.74) is 0.769. The van der Waals surface area contributed by atoms with E-state index < -0.39 is 6.23 Å². The van der Waals surface area contributed by atoms with Gasteiger partial charge in [0.05, 0.1) is 0 Å². The molecule has 1 rings (SSSR count). The maximum atomic E-state index is 9.58. The van der Waals surface area contributed by atoms with Gasteiger partial charge in [-0.1, -0.05) is 6.07 Å². The summed E-state index contributed by atoms with van der Waals surface area (Å²) in [6.07, 6.45) is -0.250. The second-order valence-electron chi connectivity index (χ2n) is 3.86. The smallest absolute Gasteiger partial charge is 0.157 e. The van der Waals surface area contributed by atoms with E-state index >= 15 is 0 Å². The van der Waals surface area contributed by atoms with Gasteiger partial charge in [0.2, 0.25) is 0 Å². The van der Waals surface area contributed by atoms with Gasteiger partial charge in [-0.05, 0) is 31.5 Å². The normalized spacial score (nSPS) is 13.1. The molecule has 4 nitrogen and oxygen atoms in total. The molecule has 1 aromatic rings. The van der Waals surface area contributed by atoms with E-state index in [-0.39, 0.29) is 17.5 Å². The predicted octanol–water partition coefficient (Wildman–Crippen LogP) is 0.957. The first kappa shape index (κ1) is 11.8. The van der Waals surface area contributed by atoms with Crippen LogP contribution in [0.25, 0.3) is 0 Å². The Morgan fingerprint density at radius 1 is 1.20 bits per heavy atom. The summed E-state index contributed by atoms with van der Waals surface area (Å²) in [6, 6.07) is 4.72. The number of rotatable bonds is 4. The van der Waals surface area contributed by atoms with Crippen LogP contribution >= 0.6 is 0 Å². The number of aromatic hydroxyl groups is 2. The standard InChI is InChI=1S/C11H17NO3/c1-7(2)12-11(15)6-8-3-4-9(13)10(14)5-8/h3-5,7,11-15H,6H2,1-2H3/t11-/m0/s1. The van der Waals surface area contributed by atoms with E-state index in [9.17, 15) is 10.2 Å². The van der Waals surface area contributed by atoms with Gasteiger partial charge in [-0.25, -0.2) is 0 Å². The summed E-state index contributed by atoms with van der Waals surface area (Å²) in [6.45, 7) is 3.88. The third kappa shape index (κ3) is 3.77. The number of phenolic OH excluding ortho intramolecular Hbond substituents is 2. The van der Waals surface area contributed by atoms with Gasteiger partial charge in [-0.2, -0.15) is 0 Å². The Bertz CT molecular complexity index is 326. The fourth-order valence-corrected chi connectivity index (χ4v) is 1.36. The third-order valence-corrected chi connectivity index (χ3v) is 1.99. The van der Waals surface area contributed by atoms with Crippen molar-refractivity contribution >= 4 is 0 Å². The quantitative estimate of drug-likeness (QED) is 0.442. The van der Waals surface area contributed by atoms with Gasteiger partial charge in [0.25, 0.3) is 0 Å². The maximum absolute atomic E-state index is 9.58. The Hall–Kier alpha value is -1.26. The first-order chi connectivity index (χ1) is 6.99. The number of hydrogen-bond donors (Lipinski definition) is 4. The molecule has 0 amide bonds. The van der Waals surface area contributed by atoms with Crippen molar-refractivity contribution < 1.29 is 15.3 Å². The van der Waals surface area contributed by atoms with Crippen LogP contribution in [-0.4, -0.2) is 27.6 Å². The highest BCUT2D eigenvalue weighted by atomic mass is 16.3. The lowest BCUT2D eigenvalue weighted by molar-refractivity contribution is 0.127. The van der Waals surface area contributed by atoms with Gasteiger partial charge >= 0.3 is 0 Å². The molecule has 0 aromatic heterocycles. The van der Waals surface area contributed by atoms with E-state index in [1.54, 1.807) is 6.07 Å². The summed E-state index contributed by atoms with van der Waals surface area (Å²) in [7, 11) is 0. The van der Waals surface area contributed by atoms with Crippen molar-refractivity contribution in [2.45, 2.75) is 32.5 Å². The number of benzene rings is 1. The Kier molecular flexibility index (Phi) is 3.94. The molecule has 15 heavy (non-hydrogen) atoms. The molecule has 4 N–H and O–H groups in total. The van der Waals surface area contributed by atoms with Crippen molar-refractivity contribution in [2.24, 2.45) is 0 Å². The number of aliphatic hydroxyl groups excluding tert-OH is 1. The topological polar surface area (TPSA) is 72.7 Å². The van der Waals surface area contributed by atoms with E-state index in [4.69, 9.17) is 5.11 Å². The van der Waals surface area contributed by atoms with E-state index in [0.717, 1.165) is 5.56 Å². The van der Waals surface area contributed by atoms with E-state index in [0.29, 0.717) is 6.42 Å². The fourth-order valence-electron chi connectivity index (χ4n) is 1.36. The molecule has 0 aliphatic carbocycles. The Labute approximate surface area is 89.2 Å². The fraction of sp³-hybridized carbons (Fsp3) is 0.455. The molecule has 1 aromatic carbocycles. The molecule has 1 atom stereocenters. The van der Waals surface area contributed by atoms with Crippen molar-refractivity contribution in [1.29, 1.82) is 0 Å². The van der Waals surface area contributed by atoms with E-state index in [1.165, 1.54) is 12.1 Å². The highest BCUT2D eigenvalue weighted by Gasteiger charge is 2.08. The molecule has 0 bridgehead atoms. The van der Waals surface area contributed by atoms with Crippen molar-refractivity contribution in [3.8, 4) is 11.5 Å². The third-order valence-electron chi connectivity index (χ3n) is 1.99. The minimum Gasteiger partial charge on any atom is -0.504 e. The highest BCUT2D eigenvalue weighted by Crippen LogP contribution is 2.25. The minimum atomic E-state index is -0.644. The lowest BCUT2D eigenvalue weighted by Gasteiger charge is -2.15. The first-order valence-corrected chi connectivity index (χ1v) is 4.94.